The van der Waals surface area contributed by atoms with Gasteiger partial charge in [0.15, 0.2) is 22.2 Å². The molecule has 2 aromatic carbocycles. The van der Waals surface area contributed by atoms with Crippen LogP contribution in [0.1, 0.15) is 16.1 Å². The van der Waals surface area contributed by atoms with Crippen LogP contribution in [-0.2, 0) is 0 Å². The number of ether oxygens (including phenoxy) is 1. The molecule has 0 unspecified atom stereocenters. The predicted molar refractivity (Wildman–Crippen MR) is 100 cm³/mol. The minimum absolute atomic E-state index is 0.196. The van der Waals surface area contributed by atoms with E-state index >= 15 is 0 Å². The molecule has 0 aliphatic rings. The molecule has 0 radical (unpaired) electrons. The Morgan fingerprint density at radius 3 is 2.92 bits per heavy atom. The molecule has 0 fully saturated rings. The summed E-state index contributed by atoms with van der Waals surface area (Å²) in [5.74, 6) is 0.409. The Labute approximate surface area is 152 Å². The number of benzene rings is 2. The Balaban J connectivity index is 1.68. The first-order valence-electron chi connectivity index (χ1n) is 7.50. The first-order chi connectivity index (χ1) is 12.1. The second-order valence-corrected chi connectivity index (χ2v) is 6.91. The zero-order chi connectivity index (χ0) is 17.6. The van der Waals surface area contributed by atoms with Crippen molar-refractivity contribution in [2.75, 3.05) is 12.4 Å². The summed E-state index contributed by atoms with van der Waals surface area (Å²) < 4.78 is 11.8. The molecular formula is C18H13ClN2O3S. The summed E-state index contributed by atoms with van der Waals surface area (Å²) in [5.41, 5.74) is 2.34. The van der Waals surface area contributed by atoms with E-state index in [0.29, 0.717) is 21.5 Å². The van der Waals surface area contributed by atoms with Crippen molar-refractivity contribution in [2.45, 2.75) is 6.92 Å². The number of methoxy groups -OCH3 is 1. The lowest BCUT2D eigenvalue weighted by atomic mass is 10.2. The highest BCUT2D eigenvalue weighted by Gasteiger charge is 2.17. The zero-order valence-corrected chi connectivity index (χ0v) is 15.0. The van der Waals surface area contributed by atoms with E-state index in [9.17, 15) is 4.79 Å². The van der Waals surface area contributed by atoms with E-state index in [1.54, 1.807) is 19.2 Å². The Morgan fingerprint density at radius 2 is 2.16 bits per heavy atom. The summed E-state index contributed by atoms with van der Waals surface area (Å²) >= 11 is 7.54. The van der Waals surface area contributed by atoms with Crippen molar-refractivity contribution in [3.8, 4) is 5.75 Å². The average molecular weight is 373 g/mol. The Morgan fingerprint density at radius 1 is 1.32 bits per heavy atom. The van der Waals surface area contributed by atoms with Crippen molar-refractivity contribution in [3.63, 3.8) is 0 Å². The average Bonchev–Trinajstić information content (AvgIpc) is 3.22. The number of aromatic nitrogens is 1. The molecule has 0 atom stereocenters. The molecule has 0 aliphatic heterocycles. The summed E-state index contributed by atoms with van der Waals surface area (Å²) in [6, 6.07) is 10.9. The van der Waals surface area contributed by atoms with Crippen LogP contribution in [0, 0.1) is 6.92 Å². The van der Waals surface area contributed by atoms with Gasteiger partial charge in [-0.3, -0.25) is 10.1 Å². The van der Waals surface area contributed by atoms with Crippen molar-refractivity contribution in [1.29, 1.82) is 0 Å². The van der Waals surface area contributed by atoms with Gasteiger partial charge in [-0.1, -0.05) is 41.1 Å². The lowest BCUT2D eigenvalue weighted by Crippen LogP contribution is -2.10. The maximum atomic E-state index is 12.5. The Kier molecular flexibility index (Phi) is 3.86. The van der Waals surface area contributed by atoms with Crippen LogP contribution in [0.5, 0.6) is 5.75 Å². The molecule has 126 valence electrons. The van der Waals surface area contributed by atoms with Gasteiger partial charge in [-0.25, -0.2) is 4.98 Å². The number of thiazole rings is 1. The fourth-order valence-corrected chi connectivity index (χ4v) is 3.83. The van der Waals surface area contributed by atoms with E-state index in [1.165, 1.54) is 11.3 Å². The topological polar surface area (TPSA) is 64.4 Å². The van der Waals surface area contributed by atoms with Gasteiger partial charge in [0.1, 0.15) is 0 Å². The van der Waals surface area contributed by atoms with Gasteiger partial charge in [0.2, 0.25) is 0 Å². The number of furan rings is 1. The SMILES string of the molecule is COc1cccc2cc(C(=O)Nc3nc4c(C)ccc(Cl)c4s3)oc12. The van der Waals surface area contributed by atoms with Crippen LogP contribution in [-0.4, -0.2) is 18.0 Å². The first kappa shape index (κ1) is 15.9. The smallest absolute Gasteiger partial charge is 0.293 e. The van der Waals surface area contributed by atoms with Crippen molar-refractivity contribution in [1.82, 2.24) is 4.98 Å². The highest BCUT2D eigenvalue weighted by Crippen LogP contribution is 2.34. The molecule has 4 aromatic rings. The lowest BCUT2D eigenvalue weighted by molar-refractivity contribution is 0.0998. The highest BCUT2D eigenvalue weighted by atomic mass is 35.5. The summed E-state index contributed by atoms with van der Waals surface area (Å²) in [6.07, 6.45) is 0. The molecule has 0 saturated heterocycles. The van der Waals surface area contributed by atoms with Crippen LogP contribution in [0.3, 0.4) is 0 Å². The van der Waals surface area contributed by atoms with E-state index in [2.05, 4.69) is 10.3 Å². The molecule has 7 heteroatoms. The summed E-state index contributed by atoms with van der Waals surface area (Å²) in [7, 11) is 1.56. The zero-order valence-electron chi connectivity index (χ0n) is 13.4. The third kappa shape index (κ3) is 2.73. The number of carbonyl (C=O) groups excluding carboxylic acids is 1. The van der Waals surface area contributed by atoms with Crippen LogP contribution in [0.25, 0.3) is 21.2 Å². The van der Waals surface area contributed by atoms with Gasteiger partial charge < -0.3 is 9.15 Å². The molecule has 0 bridgehead atoms. The number of amides is 1. The largest absolute Gasteiger partial charge is 0.493 e. The lowest BCUT2D eigenvalue weighted by Gasteiger charge is -1.99. The molecule has 2 aromatic heterocycles. The number of anilines is 1. The van der Waals surface area contributed by atoms with E-state index < -0.39 is 0 Å². The van der Waals surface area contributed by atoms with E-state index in [-0.39, 0.29) is 11.7 Å². The number of nitrogens with one attached hydrogen (secondary N) is 1. The van der Waals surface area contributed by atoms with Gasteiger partial charge in [-0.05, 0) is 30.7 Å². The standard InChI is InChI=1S/C18H13ClN2O3S/c1-9-6-7-11(19)16-14(9)20-18(25-16)21-17(22)13-8-10-4-3-5-12(23-2)15(10)24-13/h3-8H,1-2H3,(H,20,21,22). The fraction of sp³-hybridized carbons (Fsp3) is 0.111. The van der Waals surface area contributed by atoms with Crippen LogP contribution in [0.4, 0.5) is 5.13 Å². The molecule has 4 rings (SSSR count). The minimum atomic E-state index is -0.369. The van der Waals surface area contributed by atoms with Gasteiger partial charge in [-0.15, -0.1) is 0 Å². The van der Waals surface area contributed by atoms with Gasteiger partial charge >= 0.3 is 0 Å². The maximum Gasteiger partial charge on any atom is 0.293 e. The van der Waals surface area contributed by atoms with Crippen molar-refractivity contribution in [2.24, 2.45) is 0 Å². The van der Waals surface area contributed by atoms with Crippen molar-refractivity contribution in [3.05, 3.63) is 52.7 Å². The number of nitrogens with zero attached hydrogens (tertiary/aromatic N) is 1. The molecule has 2 heterocycles. The number of fused-ring (bicyclic) bond motifs is 2. The Hall–Kier alpha value is -2.57. The third-order valence-electron chi connectivity index (χ3n) is 3.87. The van der Waals surface area contributed by atoms with Crippen LogP contribution < -0.4 is 10.1 Å². The fourth-order valence-electron chi connectivity index (χ4n) is 2.62. The quantitative estimate of drug-likeness (QED) is 0.532. The number of carbonyl (C=O) groups is 1. The second kappa shape index (κ2) is 6.06. The van der Waals surface area contributed by atoms with Crippen molar-refractivity contribution < 1.29 is 13.9 Å². The van der Waals surface area contributed by atoms with E-state index in [1.807, 2.05) is 31.2 Å². The summed E-state index contributed by atoms with van der Waals surface area (Å²) in [6.45, 7) is 1.95. The molecule has 0 saturated carbocycles. The van der Waals surface area contributed by atoms with Crippen LogP contribution >= 0.6 is 22.9 Å². The van der Waals surface area contributed by atoms with E-state index in [4.69, 9.17) is 20.8 Å². The van der Waals surface area contributed by atoms with E-state index in [0.717, 1.165) is 21.2 Å². The van der Waals surface area contributed by atoms with Gasteiger partial charge in [0.25, 0.3) is 5.91 Å². The summed E-state index contributed by atoms with van der Waals surface area (Å²) in [5, 5.41) is 4.67. The number of para-hydroxylation sites is 1. The number of aryl methyl sites for hydroxylation is 1. The molecule has 1 amide bonds. The molecule has 25 heavy (non-hydrogen) atoms. The monoisotopic (exact) mass is 372 g/mol. The molecule has 0 aliphatic carbocycles. The van der Waals surface area contributed by atoms with Gasteiger partial charge in [-0.2, -0.15) is 0 Å². The molecule has 1 N–H and O–H groups in total. The van der Waals surface area contributed by atoms with Crippen LogP contribution in [0.2, 0.25) is 5.02 Å². The minimum Gasteiger partial charge on any atom is -0.493 e. The predicted octanol–water partition coefficient (Wildman–Crippen LogP) is 5.27. The number of hydrogen-bond donors (Lipinski definition) is 1. The third-order valence-corrected chi connectivity index (χ3v) is 5.30. The number of halogens is 1. The second-order valence-electron chi connectivity index (χ2n) is 5.50. The number of rotatable bonds is 3. The first-order valence-corrected chi connectivity index (χ1v) is 8.70. The molecule has 0 spiro atoms. The normalized spacial score (nSPS) is 11.2. The molecular weight excluding hydrogens is 360 g/mol. The highest BCUT2D eigenvalue weighted by molar-refractivity contribution is 7.23. The van der Waals surface area contributed by atoms with Gasteiger partial charge in [0, 0.05) is 5.39 Å². The Bertz CT molecular complexity index is 1080. The maximum absolute atomic E-state index is 12.5. The summed E-state index contributed by atoms with van der Waals surface area (Å²) in [4.78, 5) is 17.0. The number of hydrogen-bond acceptors (Lipinski definition) is 5. The van der Waals surface area contributed by atoms with Gasteiger partial charge in [0.05, 0.1) is 22.3 Å². The molecule has 5 nitrogen and oxygen atoms in total. The van der Waals surface area contributed by atoms with Crippen LogP contribution in [0.15, 0.2) is 40.8 Å². The van der Waals surface area contributed by atoms with Crippen molar-refractivity contribution >= 4 is 55.2 Å².